The summed E-state index contributed by atoms with van der Waals surface area (Å²) in [6.07, 6.45) is 1.53. The molecule has 0 amide bonds. The second-order valence-corrected chi connectivity index (χ2v) is 4.04. The van der Waals surface area contributed by atoms with Crippen molar-refractivity contribution in [2.45, 2.75) is 20.8 Å². The first-order chi connectivity index (χ1) is 7.58. The molecular formula is C13H14N2O. The molecule has 2 aromatic rings. The molecule has 16 heavy (non-hydrogen) atoms. The average Bonchev–Trinajstić information content (AvgIpc) is 2.23. The molecule has 0 radical (unpaired) electrons. The van der Waals surface area contributed by atoms with Crippen molar-refractivity contribution in [3.63, 3.8) is 0 Å². The number of aryl methyl sites for hydroxylation is 3. The van der Waals surface area contributed by atoms with Gasteiger partial charge in [-0.05, 0) is 49.6 Å². The summed E-state index contributed by atoms with van der Waals surface area (Å²) in [6, 6.07) is 6.04. The van der Waals surface area contributed by atoms with E-state index in [0.29, 0.717) is 0 Å². The Labute approximate surface area is 94.2 Å². The van der Waals surface area contributed by atoms with E-state index in [9.17, 15) is 4.79 Å². The minimum Gasteiger partial charge on any atom is -0.305 e. The van der Waals surface area contributed by atoms with E-state index >= 15 is 0 Å². The lowest BCUT2D eigenvalue weighted by Gasteiger charge is -2.09. The van der Waals surface area contributed by atoms with E-state index in [0.717, 1.165) is 16.8 Å². The zero-order chi connectivity index (χ0) is 11.7. The minimum atomic E-state index is -0.310. The van der Waals surface area contributed by atoms with E-state index in [1.54, 1.807) is 0 Å². The van der Waals surface area contributed by atoms with Gasteiger partial charge in [-0.25, -0.2) is 9.78 Å². The Bertz CT molecular complexity index is 585. The lowest BCUT2D eigenvalue weighted by Crippen LogP contribution is -2.09. The fourth-order valence-corrected chi connectivity index (χ4v) is 1.78. The second kappa shape index (κ2) is 3.93. The van der Waals surface area contributed by atoms with Gasteiger partial charge >= 0.3 is 5.69 Å². The van der Waals surface area contributed by atoms with Crippen LogP contribution >= 0.6 is 0 Å². The zero-order valence-electron chi connectivity index (χ0n) is 9.66. The highest BCUT2D eigenvalue weighted by Gasteiger charge is 2.05. The third-order valence-electron chi connectivity index (χ3n) is 2.81. The largest absolute Gasteiger partial charge is 0.345 e. The third-order valence-corrected chi connectivity index (χ3v) is 2.81. The highest BCUT2D eigenvalue weighted by Crippen LogP contribution is 2.23. The number of aromatic amines is 1. The summed E-state index contributed by atoms with van der Waals surface area (Å²) in [5.74, 6) is 0. The monoisotopic (exact) mass is 214 g/mol. The summed E-state index contributed by atoms with van der Waals surface area (Å²) in [4.78, 5) is 17.5. The van der Waals surface area contributed by atoms with Crippen molar-refractivity contribution in [3.8, 4) is 11.3 Å². The van der Waals surface area contributed by atoms with Crippen molar-refractivity contribution in [1.29, 1.82) is 0 Å². The van der Waals surface area contributed by atoms with Crippen LogP contribution in [0.3, 0.4) is 0 Å². The van der Waals surface area contributed by atoms with Gasteiger partial charge < -0.3 is 4.98 Å². The van der Waals surface area contributed by atoms with Gasteiger partial charge in [0.1, 0.15) is 0 Å². The van der Waals surface area contributed by atoms with Crippen molar-refractivity contribution in [2.75, 3.05) is 0 Å². The van der Waals surface area contributed by atoms with Crippen LogP contribution in [0.5, 0.6) is 0 Å². The van der Waals surface area contributed by atoms with E-state index in [4.69, 9.17) is 0 Å². The maximum absolute atomic E-state index is 11.2. The van der Waals surface area contributed by atoms with Crippen molar-refractivity contribution in [1.82, 2.24) is 9.97 Å². The molecule has 1 N–H and O–H groups in total. The smallest absolute Gasteiger partial charge is 0.305 e. The number of nitrogens with one attached hydrogen (secondary N) is 1. The molecule has 0 aliphatic rings. The van der Waals surface area contributed by atoms with E-state index in [1.807, 2.05) is 13.0 Å². The molecule has 0 aliphatic heterocycles. The molecule has 82 valence electrons. The number of hydrogen-bond donors (Lipinski definition) is 1. The molecule has 1 aromatic carbocycles. The molecule has 0 atom stereocenters. The maximum atomic E-state index is 11.2. The second-order valence-electron chi connectivity index (χ2n) is 4.04. The van der Waals surface area contributed by atoms with E-state index < -0.39 is 0 Å². The van der Waals surface area contributed by atoms with Crippen LogP contribution in [0.2, 0.25) is 0 Å². The molecule has 3 nitrogen and oxygen atoms in total. The van der Waals surface area contributed by atoms with E-state index in [-0.39, 0.29) is 5.69 Å². The molecular weight excluding hydrogens is 200 g/mol. The SMILES string of the molecule is Cc1cc(C)c(-c2ccnc(=O)[nH]2)cc1C. The first-order valence-corrected chi connectivity index (χ1v) is 5.21. The van der Waals surface area contributed by atoms with E-state index in [2.05, 4.69) is 35.9 Å². The van der Waals surface area contributed by atoms with Crippen molar-refractivity contribution in [3.05, 3.63) is 51.6 Å². The van der Waals surface area contributed by atoms with Crippen LogP contribution in [0.4, 0.5) is 0 Å². The van der Waals surface area contributed by atoms with Crippen LogP contribution in [0, 0.1) is 20.8 Å². The van der Waals surface area contributed by atoms with Gasteiger partial charge in [-0.3, -0.25) is 0 Å². The lowest BCUT2D eigenvalue weighted by atomic mass is 9.99. The van der Waals surface area contributed by atoms with Gasteiger partial charge in [0, 0.05) is 11.8 Å². The molecule has 0 fully saturated rings. The van der Waals surface area contributed by atoms with Crippen molar-refractivity contribution < 1.29 is 0 Å². The third kappa shape index (κ3) is 1.89. The van der Waals surface area contributed by atoms with Gasteiger partial charge in [0.2, 0.25) is 0 Å². The Morgan fingerprint density at radius 1 is 1.06 bits per heavy atom. The van der Waals surface area contributed by atoms with Crippen LogP contribution in [0.15, 0.2) is 29.2 Å². The highest BCUT2D eigenvalue weighted by atomic mass is 16.1. The molecule has 0 saturated heterocycles. The fourth-order valence-electron chi connectivity index (χ4n) is 1.78. The van der Waals surface area contributed by atoms with Crippen molar-refractivity contribution in [2.24, 2.45) is 0 Å². The van der Waals surface area contributed by atoms with Crippen molar-refractivity contribution >= 4 is 0 Å². The first-order valence-electron chi connectivity index (χ1n) is 5.21. The predicted molar refractivity (Wildman–Crippen MR) is 64.5 cm³/mol. The molecule has 0 bridgehead atoms. The summed E-state index contributed by atoms with van der Waals surface area (Å²) >= 11 is 0. The molecule has 1 aromatic heterocycles. The number of benzene rings is 1. The Morgan fingerprint density at radius 3 is 2.44 bits per heavy atom. The number of rotatable bonds is 1. The van der Waals surface area contributed by atoms with Crippen LogP contribution in [-0.2, 0) is 0 Å². The number of aromatic nitrogens is 2. The van der Waals surface area contributed by atoms with Crippen LogP contribution in [0.1, 0.15) is 16.7 Å². The topological polar surface area (TPSA) is 45.8 Å². The summed E-state index contributed by atoms with van der Waals surface area (Å²) in [5.41, 5.74) is 5.21. The van der Waals surface area contributed by atoms with Gasteiger partial charge in [0.05, 0.1) is 5.69 Å². The highest BCUT2D eigenvalue weighted by molar-refractivity contribution is 5.64. The predicted octanol–water partition coefficient (Wildman–Crippen LogP) is 2.36. The normalized spacial score (nSPS) is 10.4. The van der Waals surface area contributed by atoms with Gasteiger partial charge in [-0.2, -0.15) is 0 Å². The summed E-state index contributed by atoms with van der Waals surface area (Å²) < 4.78 is 0. The van der Waals surface area contributed by atoms with Crippen LogP contribution in [-0.4, -0.2) is 9.97 Å². The first kappa shape index (κ1) is 10.6. The molecule has 0 aliphatic carbocycles. The molecule has 0 unspecified atom stereocenters. The molecule has 0 spiro atoms. The Kier molecular flexibility index (Phi) is 2.60. The summed E-state index contributed by atoms with van der Waals surface area (Å²) in [7, 11) is 0. The molecule has 1 heterocycles. The Hall–Kier alpha value is -1.90. The standard InChI is InChI=1S/C13H14N2O/c1-8-6-10(3)11(7-9(8)2)12-4-5-14-13(16)15-12/h4-7H,1-3H3,(H,14,15,16). The summed E-state index contributed by atoms with van der Waals surface area (Å²) in [5, 5.41) is 0. The lowest BCUT2D eigenvalue weighted by molar-refractivity contribution is 1.08. The summed E-state index contributed by atoms with van der Waals surface area (Å²) in [6.45, 7) is 6.19. The van der Waals surface area contributed by atoms with Gasteiger partial charge in [-0.15, -0.1) is 0 Å². The average molecular weight is 214 g/mol. The van der Waals surface area contributed by atoms with Gasteiger partial charge in [0.15, 0.2) is 0 Å². The van der Waals surface area contributed by atoms with E-state index in [1.165, 1.54) is 17.3 Å². The van der Waals surface area contributed by atoms with Crippen LogP contribution < -0.4 is 5.69 Å². The number of nitrogens with zero attached hydrogens (tertiary/aromatic N) is 1. The van der Waals surface area contributed by atoms with Gasteiger partial charge in [0.25, 0.3) is 0 Å². The molecule has 2 rings (SSSR count). The zero-order valence-corrected chi connectivity index (χ0v) is 9.66. The number of hydrogen-bond acceptors (Lipinski definition) is 2. The molecule has 0 saturated carbocycles. The number of H-pyrrole nitrogens is 1. The van der Waals surface area contributed by atoms with Crippen LogP contribution in [0.25, 0.3) is 11.3 Å². The van der Waals surface area contributed by atoms with Gasteiger partial charge in [-0.1, -0.05) is 6.07 Å². The molecule has 3 heteroatoms. The maximum Gasteiger partial charge on any atom is 0.345 e. The fraction of sp³-hybridized carbons (Fsp3) is 0.231. The Balaban J connectivity index is 2.65. The minimum absolute atomic E-state index is 0.310. The quantitative estimate of drug-likeness (QED) is 0.792. The Morgan fingerprint density at radius 2 is 1.75 bits per heavy atom.